The van der Waals surface area contributed by atoms with E-state index in [1.54, 1.807) is 18.2 Å². The quantitative estimate of drug-likeness (QED) is 0.605. The summed E-state index contributed by atoms with van der Waals surface area (Å²) in [6.45, 7) is 13.6. The molecular weight excluding hydrogens is 361 g/mol. The van der Waals surface area contributed by atoms with E-state index in [0.717, 1.165) is 23.6 Å². The van der Waals surface area contributed by atoms with Crippen molar-refractivity contribution in [2.75, 3.05) is 13.6 Å². The van der Waals surface area contributed by atoms with Crippen LogP contribution in [-0.4, -0.2) is 18.5 Å². The predicted octanol–water partition coefficient (Wildman–Crippen LogP) is 5.90. The fourth-order valence-electron chi connectivity index (χ4n) is 3.17. The van der Waals surface area contributed by atoms with Gasteiger partial charge >= 0.3 is 0 Å². The average molecular weight is 388 g/mol. The third-order valence-electron chi connectivity index (χ3n) is 4.84. The summed E-state index contributed by atoms with van der Waals surface area (Å²) >= 11 is 0. The molecule has 0 radical (unpaired) electrons. The van der Waals surface area contributed by atoms with E-state index in [-0.39, 0.29) is 17.3 Å². The smallest absolute Gasteiger partial charge is 0.270 e. The lowest BCUT2D eigenvalue weighted by Crippen LogP contribution is -2.29. The fraction of sp³-hybridized carbons (Fsp3) is 0.304. The normalized spacial score (nSPS) is 12.4. The van der Waals surface area contributed by atoms with Gasteiger partial charge in [-0.2, -0.15) is 0 Å². The van der Waals surface area contributed by atoms with Gasteiger partial charge in [0, 0.05) is 37.7 Å². The van der Waals surface area contributed by atoms with Crippen molar-refractivity contribution in [3.8, 4) is 0 Å². The average Bonchev–Trinajstić information content (AvgIpc) is 2.62. The SMILES string of the molecule is C=C(NCC)N(C)C(=C)[C@H](c1ccc(C(C)(F)F)cc1)c1ccc(F)cc1C. The highest BCUT2D eigenvalue weighted by Crippen LogP contribution is 2.36. The molecule has 0 fully saturated rings. The van der Waals surface area contributed by atoms with Gasteiger partial charge in [-0.15, -0.1) is 0 Å². The topological polar surface area (TPSA) is 15.3 Å². The maximum absolute atomic E-state index is 13.6. The number of rotatable bonds is 8. The molecule has 2 aromatic carbocycles. The molecule has 1 N–H and O–H groups in total. The summed E-state index contributed by atoms with van der Waals surface area (Å²) in [6.07, 6.45) is 0. The monoisotopic (exact) mass is 388 g/mol. The first-order valence-electron chi connectivity index (χ1n) is 9.15. The van der Waals surface area contributed by atoms with Crippen LogP contribution in [0.25, 0.3) is 0 Å². The molecule has 150 valence electrons. The Morgan fingerprint density at radius 3 is 2.25 bits per heavy atom. The summed E-state index contributed by atoms with van der Waals surface area (Å²) < 4.78 is 40.9. The number of nitrogens with one attached hydrogen (secondary N) is 1. The molecule has 0 saturated heterocycles. The fourth-order valence-corrected chi connectivity index (χ4v) is 3.17. The van der Waals surface area contributed by atoms with Crippen LogP contribution in [0, 0.1) is 12.7 Å². The zero-order valence-corrected chi connectivity index (χ0v) is 16.8. The molecule has 2 rings (SSSR count). The standard InChI is InChI=1S/C23H27F3N2/c1-7-27-17(4)28(6)16(3)22(21-13-12-20(24)14-15(21)2)18-8-10-19(11-9-18)23(5,25)26/h8-14,22,27H,3-4,7H2,1-2,5-6H3/t22-/m1/s1. The number of allylic oxidation sites excluding steroid dienone is 1. The maximum atomic E-state index is 13.6. The van der Waals surface area contributed by atoms with Crippen molar-refractivity contribution in [1.82, 2.24) is 10.2 Å². The number of alkyl halides is 2. The van der Waals surface area contributed by atoms with Gasteiger partial charge in [0.15, 0.2) is 0 Å². The number of hydrogen-bond donors (Lipinski definition) is 1. The van der Waals surface area contributed by atoms with Gasteiger partial charge in [-0.25, -0.2) is 13.2 Å². The number of hydrogen-bond acceptors (Lipinski definition) is 2. The number of nitrogens with zero attached hydrogens (tertiary/aromatic N) is 1. The highest BCUT2D eigenvalue weighted by molar-refractivity contribution is 5.45. The molecule has 28 heavy (non-hydrogen) atoms. The Balaban J connectivity index is 2.53. The first-order valence-corrected chi connectivity index (χ1v) is 9.15. The van der Waals surface area contributed by atoms with Gasteiger partial charge in [0.1, 0.15) is 5.82 Å². The van der Waals surface area contributed by atoms with Crippen LogP contribution in [0.15, 0.2) is 67.1 Å². The van der Waals surface area contributed by atoms with Crippen molar-refractivity contribution in [2.24, 2.45) is 0 Å². The maximum Gasteiger partial charge on any atom is 0.270 e. The van der Waals surface area contributed by atoms with Crippen molar-refractivity contribution in [1.29, 1.82) is 0 Å². The molecule has 2 nitrogen and oxygen atoms in total. The van der Waals surface area contributed by atoms with Crippen LogP contribution in [0.5, 0.6) is 0 Å². The van der Waals surface area contributed by atoms with E-state index in [4.69, 9.17) is 0 Å². The lowest BCUT2D eigenvalue weighted by molar-refractivity contribution is 0.0174. The van der Waals surface area contributed by atoms with Crippen LogP contribution in [0.2, 0.25) is 0 Å². The molecule has 0 aliphatic rings. The van der Waals surface area contributed by atoms with Crippen molar-refractivity contribution in [3.63, 3.8) is 0 Å². The van der Waals surface area contributed by atoms with E-state index in [2.05, 4.69) is 18.5 Å². The molecule has 5 heteroatoms. The number of likely N-dealkylation sites (N-methyl/N-ethyl adjacent to an activating group) is 1. The molecule has 0 saturated carbocycles. The van der Waals surface area contributed by atoms with E-state index in [1.807, 2.05) is 25.8 Å². The third-order valence-corrected chi connectivity index (χ3v) is 4.84. The minimum atomic E-state index is -2.91. The van der Waals surface area contributed by atoms with E-state index >= 15 is 0 Å². The number of aryl methyl sites for hydroxylation is 1. The highest BCUT2D eigenvalue weighted by Gasteiger charge is 2.27. The Labute approximate surface area is 165 Å². The van der Waals surface area contributed by atoms with Gasteiger partial charge in [0.2, 0.25) is 0 Å². The minimum Gasteiger partial charge on any atom is -0.372 e. The lowest BCUT2D eigenvalue weighted by Gasteiger charge is -2.31. The second-order valence-corrected chi connectivity index (χ2v) is 6.97. The first-order chi connectivity index (χ1) is 13.1. The van der Waals surface area contributed by atoms with E-state index in [1.165, 1.54) is 24.3 Å². The summed E-state index contributed by atoms with van der Waals surface area (Å²) in [5.74, 6) is -2.89. The van der Waals surface area contributed by atoms with Gasteiger partial charge in [0.05, 0.1) is 5.82 Å². The molecule has 0 aromatic heterocycles. The molecule has 0 spiro atoms. The largest absolute Gasteiger partial charge is 0.372 e. The number of halogens is 3. The Kier molecular flexibility index (Phi) is 6.60. The summed E-state index contributed by atoms with van der Waals surface area (Å²) in [4.78, 5) is 1.83. The summed E-state index contributed by atoms with van der Waals surface area (Å²) in [5, 5.41) is 3.15. The van der Waals surface area contributed by atoms with Gasteiger partial charge in [-0.3, -0.25) is 0 Å². The lowest BCUT2D eigenvalue weighted by atomic mass is 9.85. The molecule has 0 aliphatic carbocycles. The summed E-state index contributed by atoms with van der Waals surface area (Å²) in [5.41, 5.74) is 3.07. The van der Waals surface area contributed by atoms with Gasteiger partial charge in [-0.1, -0.05) is 43.5 Å². The van der Waals surface area contributed by atoms with Crippen molar-refractivity contribution in [3.05, 3.63) is 95.2 Å². The molecule has 1 atom stereocenters. The zero-order chi connectivity index (χ0) is 21.1. The van der Waals surface area contributed by atoms with Crippen LogP contribution in [0.1, 0.15) is 42.0 Å². The molecule has 0 heterocycles. The van der Waals surface area contributed by atoms with Crippen LogP contribution < -0.4 is 5.32 Å². The van der Waals surface area contributed by atoms with Crippen LogP contribution >= 0.6 is 0 Å². The van der Waals surface area contributed by atoms with Crippen LogP contribution in [-0.2, 0) is 5.92 Å². The molecule has 0 aliphatic heterocycles. The number of benzene rings is 2. The minimum absolute atomic E-state index is 0.0538. The summed E-state index contributed by atoms with van der Waals surface area (Å²) in [7, 11) is 1.84. The molecule has 0 unspecified atom stereocenters. The second-order valence-electron chi connectivity index (χ2n) is 6.97. The van der Waals surface area contributed by atoms with Gasteiger partial charge in [-0.05, 0) is 42.7 Å². The van der Waals surface area contributed by atoms with E-state index in [0.29, 0.717) is 18.1 Å². The Morgan fingerprint density at radius 1 is 1.14 bits per heavy atom. The van der Waals surface area contributed by atoms with E-state index in [9.17, 15) is 13.2 Å². The van der Waals surface area contributed by atoms with Gasteiger partial charge in [0.25, 0.3) is 5.92 Å². The van der Waals surface area contributed by atoms with Crippen molar-refractivity contribution >= 4 is 0 Å². The second kappa shape index (κ2) is 8.55. The van der Waals surface area contributed by atoms with Crippen molar-refractivity contribution in [2.45, 2.75) is 32.6 Å². The Hall–Kier alpha value is -2.69. The summed E-state index contributed by atoms with van der Waals surface area (Å²) in [6, 6.07) is 10.8. The van der Waals surface area contributed by atoms with Crippen LogP contribution in [0.3, 0.4) is 0 Å². The Morgan fingerprint density at radius 2 is 1.75 bits per heavy atom. The van der Waals surface area contributed by atoms with Crippen molar-refractivity contribution < 1.29 is 13.2 Å². The Bertz CT molecular complexity index is 851. The van der Waals surface area contributed by atoms with Crippen LogP contribution in [0.4, 0.5) is 13.2 Å². The molecule has 0 bridgehead atoms. The molecular formula is C23H27F3N2. The molecule has 2 aromatic rings. The third kappa shape index (κ3) is 4.77. The highest BCUT2D eigenvalue weighted by atomic mass is 19.3. The van der Waals surface area contributed by atoms with Gasteiger partial charge < -0.3 is 10.2 Å². The predicted molar refractivity (Wildman–Crippen MR) is 109 cm³/mol. The molecule has 0 amide bonds. The first kappa shape index (κ1) is 21.6. The van der Waals surface area contributed by atoms with E-state index < -0.39 is 5.92 Å². The zero-order valence-electron chi connectivity index (χ0n) is 16.8.